The number of hydrogen-bond donors (Lipinski definition) is 2. The number of rotatable bonds is 6. The van der Waals surface area contributed by atoms with E-state index in [1.54, 1.807) is 24.4 Å². The van der Waals surface area contributed by atoms with Crippen molar-refractivity contribution in [2.24, 2.45) is 5.41 Å². The fourth-order valence-corrected chi connectivity index (χ4v) is 3.19. The number of halogens is 3. The van der Waals surface area contributed by atoms with Gasteiger partial charge in [0.25, 0.3) is 11.8 Å². The number of nitrogens with one attached hydrogen (secondary N) is 2. The lowest BCUT2D eigenvalue weighted by atomic mass is 9.97. The molecule has 2 aromatic carbocycles. The van der Waals surface area contributed by atoms with Crippen molar-refractivity contribution in [1.29, 1.82) is 0 Å². The maximum atomic E-state index is 13.1. The van der Waals surface area contributed by atoms with Crippen molar-refractivity contribution < 1.29 is 27.5 Å². The monoisotopic (exact) mass is 488 g/mol. The third-order valence-electron chi connectivity index (χ3n) is 5.12. The number of ether oxygens (including phenoxy) is 1. The molecule has 0 radical (unpaired) electrons. The highest BCUT2D eigenvalue weighted by molar-refractivity contribution is 6.05. The Bertz CT molecular complexity index is 1240. The molecule has 186 valence electrons. The van der Waals surface area contributed by atoms with Crippen LogP contribution in [0.2, 0.25) is 0 Å². The minimum absolute atomic E-state index is 0.0771. The number of aromatic nitrogens is 2. The van der Waals surface area contributed by atoms with Crippen molar-refractivity contribution in [3.63, 3.8) is 0 Å². The topological polar surface area (TPSA) is 85.2 Å². The molecule has 35 heavy (non-hydrogen) atoms. The minimum atomic E-state index is -4.57. The van der Waals surface area contributed by atoms with Gasteiger partial charge in [-0.1, -0.05) is 26.8 Å². The molecule has 3 rings (SSSR count). The first-order valence-corrected chi connectivity index (χ1v) is 10.8. The lowest BCUT2D eigenvalue weighted by molar-refractivity contribution is -0.137. The highest BCUT2D eigenvalue weighted by Gasteiger charge is 2.31. The number of anilines is 1. The number of alkyl halides is 3. The molecule has 1 heterocycles. The van der Waals surface area contributed by atoms with Crippen molar-refractivity contribution in [3.8, 4) is 11.4 Å². The molecule has 2 amide bonds. The maximum Gasteiger partial charge on any atom is 0.416 e. The molecule has 0 bridgehead atoms. The fraction of sp³-hybridized carbons (Fsp3) is 0.320. The standard InChI is InChI=1S/C25H27F3N4O3/c1-15-6-7-16(23(34)31-19-11-18(25(26,27)28)8-9-21(19)35-5)10-20(15)32-13-17(12-30-32)22(33)29-14-24(2,3)4/h6-13H,14H2,1-5H3,(H,29,33)(H,31,34). The largest absolute Gasteiger partial charge is 0.495 e. The van der Waals surface area contributed by atoms with Crippen LogP contribution in [0.15, 0.2) is 48.8 Å². The first-order chi connectivity index (χ1) is 16.3. The lowest BCUT2D eigenvalue weighted by Crippen LogP contribution is -2.32. The number of aryl methyl sites for hydroxylation is 1. The average molecular weight is 489 g/mol. The van der Waals surface area contributed by atoms with E-state index in [2.05, 4.69) is 15.7 Å². The van der Waals surface area contributed by atoms with Crippen molar-refractivity contribution in [1.82, 2.24) is 15.1 Å². The smallest absolute Gasteiger partial charge is 0.416 e. The number of carbonyl (C=O) groups is 2. The average Bonchev–Trinajstić information content (AvgIpc) is 3.26. The van der Waals surface area contributed by atoms with E-state index in [-0.39, 0.29) is 28.3 Å². The van der Waals surface area contributed by atoms with Crippen LogP contribution in [0, 0.1) is 12.3 Å². The Morgan fingerprint density at radius 1 is 1.03 bits per heavy atom. The van der Waals surface area contributed by atoms with E-state index in [1.807, 2.05) is 27.7 Å². The zero-order valence-corrected chi connectivity index (χ0v) is 20.1. The summed E-state index contributed by atoms with van der Waals surface area (Å²) in [5, 5.41) is 9.58. The summed E-state index contributed by atoms with van der Waals surface area (Å²) in [6, 6.07) is 7.64. The second-order valence-electron chi connectivity index (χ2n) is 9.29. The number of nitrogens with zero attached hydrogens (tertiary/aromatic N) is 2. The van der Waals surface area contributed by atoms with Crippen LogP contribution >= 0.6 is 0 Å². The molecule has 0 atom stereocenters. The predicted molar refractivity (Wildman–Crippen MR) is 126 cm³/mol. The van der Waals surface area contributed by atoms with E-state index in [1.165, 1.54) is 18.0 Å². The SMILES string of the molecule is COc1ccc(C(F)(F)F)cc1NC(=O)c1ccc(C)c(-n2cc(C(=O)NCC(C)(C)C)cn2)c1. The number of methoxy groups -OCH3 is 1. The van der Waals surface area contributed by atoms with Gasteiger partial charge in [0.2, 0.25) is 0 Å². The van der Waals surface area contributed by atoms with Crippen LogP contribution in [-0.4, -0.2) is 35.2 Å². The van der Waals surface area contributed by atoms with Gasteiger partial charge in [-0.05, 0) is 48.2 Å². The molecule has 0 fully saturated rings. The normalized spacial score (nSPS) is 11.8. The van der Waals surface area contributed by atoms with Gasteiger partial charge in [-0.25, -0.2) is 4.68 Å². The quantitative estimate of drug-likeness (QED) is 0.497. The molecule has 0 saturated carbocycles. The fourth-order valence-electron chi connectivity index (χ4n) is 3.19. The van der Waals surface area contributed by atoms with E-state index in [0.29, 0.717) is 17.8 Å². The van der Waals surface area contributed by atoms with E-state index in [9.17, 15) is 22.8 Å². The Kier molecular flexibility index (Phi) is 7.23. The molecule has 0 saturated heterocycles. The Morgan fingerprint density at radius 3 is 2.37 bits per heavy atom. The van der Waals surface area contributed by atoms with Gasteiger partial charge in [0.05, 0.1) is 35.8 Å². The predicted octanol–water partition coefficient (Wildman–Crippen LogP) is 5.24. The molecule has 0 aliphatic heterocycles. The second kappa shape index (κ2) is 9.81. The minimum Gasteiger partial charge on any atom is -0.495 e. The molecule has 3 aromatic rings. The van der Waals surface area contributed by atoms with Gasteiger partial charge in [0, 0.05) is 18.3 Å². The van der Waals surface area contributed by atoms with Crippen LogP contribution in [-0.2, 0) is 6.18 Å². The Morgan fingerprint density at radius 2 is 1.74 bits per heavy atom. The molecule has 1 aromatic heterocycles. The van der Waals surface area contributed by atoms with Crippen molar-refractivity contribution in [2.75, 3.05) is 19.0 Å². The second-order valence-corrected chi connectivity index (χ2v) is 9.29. The van der Waals surface area contributed by atoms with Gasteiger partial charge < -0.3 is 15.4 Å². The first kappa shape index (κ1) is 25.8. The van der Waals surface area contributed by atoms with Crippen molar-refractivity contribution in [2.45, 2.75) is 33.9 Å². The number of hydrogen-bond acceptors (Lipinski definition) is 4. The van der Waals surface area contributed by atoms with Gasteiger partial charge in [0.15, 0.2) is 0 Å². The van der Waals surface area contributed by atoms with Gasteiger partial charge in [-0.3, -0.25) is 9.59 Å². The van der Waals surface area contributed by atoms with Crippen LogP contribution in [0.25, 0.3) is 5.69 Å². The van der Waals surface area contributed by atoms with Gasteiger partial charge in [-0.15, -0.1) is 0 Å². The summed E-state index contributed by atoms with van der Waals surface area (Å²) in [5.74, 6) is -0.801. The molecule has 10 heteroatoms. The summed E-state index contributed by atoms with van der Waals surface area (Å²) >= 11 is 0. The van der Waals surface area contributed by atoms with Gasteiger partial charge in [0.1, 0.15) is 5.75 Å². The zero-order valence-electron chi connectivity index (χ0n) is 20.1. The Hall–Kier alpha value is -3.82. The highest BCUT2D eigenvalue weighted by Crippen LogP contribution is 2.35. The molecule has 0 unspecified atom stereocenters. The van der Waals surface area contributed by atoms with E-state index >= 15 is 0 Å². The van der Waals surface area contributed by atoms with Crippen LogP contribution in [0.3, 0.4) is 0 Å². The molecule has 0 aliphatic carbocycles. The summed E-state index contributed by atoms with van der Waals surface area (Å²) in [6.45, 7) is 8.32. The van der Waals surface area contributed by atoms with Crippen LogP contribution in [0.4, 0.5) is 18.9 Å². The summed E-state index contributed by atoms with van der Waals surface area (Å²) in [7, 11) is 1.30. The summed E-state index contributed by atoms with van der Waals surface area (Å²) in [4.78, 5) is 25.3. The molecule has 7 nitrogen and oxygen atoms in total. The molecular weight excluding hydrogens is 461 g/mol. The van der Waals surface area contributed by atoms with Crippen LogP contribution in [0.5, 0.6) is 5.75 Å². The van der Waals surface area contributed by atoms with E-state index < -0.39 is 17.6 Å². The lowest BCUT2D eigenvalue weighted by Gasteiger charge is -2.18. The molecule has 2 N–H and O–H groups in total. The van der Waals surface area contributed by atoms with Crippen LogP contribution < -0.4 is 15.4 Å². The van der Waals surface area contributed by atoms with Gasteiger partial charge in [-0.2, -0.15) is 18.3 Å². The third kappa shape index (κ3) is 6.40. The summed E-state index contributed by atoms with van der Waals surface area (Å²) < 4.78 is 45.9. The summed E-state index contributed by atoms with van der Waals surface area (Å²) in [5.41, 5.74) is 0.785. The number of amides is 2. The van der Waals surface area contributed by atoms with E-state index in [4.69, 9.17) is 4.74 Å². The molecular formula is C25H27F3N4O3. The number of benzene rings is 2. The van der Waals surface area contributed by atoms with Crippen LogP contribution in [0.1, 0.15) is 52.6 Å². The maximum absolute atomic E-state index is 13.1. The molecule has 0 spiro atoms. The first-order valence-electron chi connectivity index (χ1n) is 10.8. The van der Waals surface area contributed by atoms with Gasteiger partial charge >= 0.3 is 6.18 Å². The van der Waals surface area contributed by atoms with Crippen molar-refractivity contribution >= 4 is 17.5 Å². The summed E-state index contributed by atoms with van der Waals surface area (Å²) in [6.07, 6.45) is -1.59. The third-order valence-corrected chi connectivity index (χ3v) is 5.12. The van der Waals surface area contributed by atoms with Crippen molar-refractivity contribution in [3.05, 3.63) is 71.0 Å². The Labute approximate surface area is 201 Å². The Balaban J connectivity index is 1.85. The highest BCUT2D eigenvalue weighted by atomic mass is 19.4. The van der Waals surface area contributed by atoms with E-state index in [0.717, 1.165) is 23.8 Å². The zero-order chi connectivity index (χ0) is 26.0. The number of carbonyl (C=O) groups excluding carboxylic acids is 2. The molecule has 0 aliphatic rings.